The molecule has 0 bridgehead atoms. The first kappa shape index (κ1) is 22.5. The number of carbonyl (C=O) groups excluding carboxylic acids is 1. The van der Waals surface area contributed by atoms with Crippen molar-refractivity contribution in [3.63, 3.8) is 0 Å². The van der Waals surface area contributed by atoms with E-state index in [1.165, 1.54) is 4.31 Å². The van der Waals surface area contributed by atoms with E-state index in [2.05, 4.69) is 21.2 Å². The predicted octanol–water partition coefficient (Wildman–Crippen LogP) is 2.91. The maximum atomic E-state index is 13.1. The number of carbonyl (C=O) groups is 1. The lowest BCUT2D eigenvalue weighted by Gasteiger charge is -2.34. The van der Waals surface area contributed by atoms with Gasteiger partial charge in [-0.2, -0.15) is 17.0 Å². The van der Waals surface area contributed by atoms with E-state index in [1.807, 2.05) is 18.2 Å². The zero-order chi connectivity index (χ0) is 20.9. The summed E-state index contributed by atoms with van der Waals surface area (Å²) in [6.45, 7) is 2.25. The molecule has 0 aliphatic carbocycles. The number of nitrogens with one attached hydrogen (secondary N) is 1. The maximum Gasteiger partial charge on any atom is 0.281 e. The van der Waals surface area contributed by atoms with E-state index < -0.39 is 10.2 Å². The van der Waals surface area contributed by atoms with E-state index in [-0.39, 0.29) is 18.4 Å². The summed E-state index contributed by atoms with van der Waals surface area (Å²) in [6, 6.07) is 5.65. The molecule has 162 valence electrons. The second-order valence-electron chi connectivity index (χ2n) is 7.69. The molecular formula is C20H30BrN3O4S. The van der Waals surface area contributed by atoms with Gasteiger partial charge in [0.1, 0.15) is 5.75 Å². The molecule has 0 radical (unpaired) electrons. The van der Waals surface area contributed by atoms with Gasteiger partial charge in [-0.05, 0) is 43.9 Å². The lowest BCUT2D eigenvalue weighted by Crippen LogP contribution is -2.50. The Balaban J connectivity index is 1.61. The highest BCUT2D eigenvalue weighted by Gasteiger charge is 2.35. The second kappa shape index (κ2) is 10.2. The van der Waals surface area contributed by atoms with Crippen LogP contribution in [0.15, 0.2) is 22.7 Å². The number of ether oxygens (including phenoxy) is 1. The summed E-state index contributed by atoms with van der Waals surface area (Å²) >= 11 is 3.44. The molecule has 2 fully saturated rings. The second-order valence-corrected chi connectivity index (χ2v) is 10.5. The average Bonchev–Trinajstić information content (AvgIpc) is 3.02. The van der Waals surface area contributed by atoms with Crippen LogP contribution in [0.3, 0.4) is 0 Å². The third kappa shape index (κ3) is 5.71. The number of benzene rings is 1. The van der Waals surface area contributed by atoms with Crippen LogP contribution in [0.4, 0.5) is 0 Å². The molecule has 29 heavy (non-hydrogen) atoms. The maximum absolute atomic E-state index is 13.1. The summed E-state index contributed by atoms with van der Waals surface area (Å²) in [4.78, 5) is 12.8. The fraction of sp³-hybridized carbons (Fsp3) is 0.650. The molecule has 7 nitrogen and oxygen atoms in total. The molecule has 0 saturated carbocycles. The first-order valence-electron chi connectivity index (χ1n) is 10.3. The summed E-state index contributed by atoms with van der Waals surface area (Å²) in [5.41, 5.74) is 0.875. The van der Waals surface area contributed by atoms with E-state index in [4.69, 9.17) is 4.74 Å². The van der Waals surface area contributed by atoms with Crippen molar-refractivity contribution in [3.8, 4) is 5.75 Å². The van der Waals surface area contributed by atoms with Crippen LogP contribution in [-0.4, -0.2) is 56.2 Å². The Morgan fingerprint density at radius 1 is 1.14 bits per heavy atom. The fourth-order valence-corrected chi connectivity index (χ4v) is 6.20. The van der Waals surface area contributed by atoms with Crippen LogP contribution in [-0.2, 0) is 21.5 Å². The third-order valence-corrected chi connectivity index (χ3v) is 8.16. The lowest BCUT2D eigenvalue weighted by atomic mass is 9.98. The highest BCUT2D eigenvalue weighted by Crippen LogP contribution is 2.25. The van der Waals surface area contributed by atoms with Crippen molar-refractivity contribution >= 4 is 32.0 Å². The summed E-state index contributed by atoms with van der Waals surface area (Å²) in [5, 5.41) is 2.96. The summed E-state index contributed by atoms with van der Waals surface area (Å²) in [6.07, 6.45) is 5.38. The molecule has 1 aromatic rings. The number of methoxy groups -OCH3 is 1. The van der Waals surface area contributed by atoms with Gasteiger partial charge in [-0.1, -0.05) is 28.8 Å². The van der Waals surface area contributed by atoms with E-state index >= 15 is 0 Å². The average molecular weight is 488 g/mol. The molecule has 2 aliphatic heterocycles. The van der Waals surface area contributed by atoms with Gasteiger partial charge in [-0.15, -0.1) is 0 Å². The van der Waals surface area contributed by atoms with Crippen LogP contribution in [0.1, 0.15) is 44.1 Å². The minimum Gasteiger partial charge on any atom is -0.496 e. The number of amides is 1. The van der Waals surface area contributed by atoms with Crippen molar-refractivity contribution < 1.29 is 17.9 Å². The zero-order valence-corrected chi connectivity index (χ0v) is 19.3. The van der Waals surface area contributed by atoms with Crippen molar-refractivity contribution in [2.45, 2.75) is 45.1 Å². The molecule has 0 unspecified atom stereocenters. The molecule has 2 heterocycles. The van der Waals surface area contributed by atoms with Crippen LogP contribution in [0.2, 0.25) is 0 Å². The first-order valence-corrected chi connectivity index (χ1v) is 12.5. The number of nitrogens with zero attached hydrogens (tertiary/aromatic N) is 2. The minimum atomic E-state index is -3.50. The largest absolute Gasteiger partial charge is 0.496 e. The Kier molecular flexibility index (Phi) is 7.95. The number of rotatable bonds is 6. The molecular weight excluding hydrogens is 458 g/mol. The van der Waals surface area contributed by atoms with Gasteiger partial charge in [0.25, 0.3) is 10.2 Å². The van der Waals surface area contributed by atoms with Gasteiger partial charge >= 0.3 is 0 Å². The van der Waals surface area contributed by atoms with Gasteiger partial charge in [0, 0.05) is 42.8 Å². The molecule has 1 aromatic carbocycles. The molecule has 0 spiro atoms. The van der Waals surface area contributed by atoms with Crippen molar-refractivity contribution in [1.29, 1.82) is 0 Å². The van der Waals surface area contributed by atoms with Gasteiger partial charge in [0.15, 0.2) is 0 Å². The van der Waals surface area contributed by atoms with Crippen molar-refractivity contribution in [1.82, 2.24) is 13.9 Å². The quantitative estimate of drug-likeness (QED) is 0.668. The highest BCUT2D eigenvalue weighted by molar-refractivity contribution is 9.10. The Hall–Kier alpha value is -1.16. The van der Waals surface area contributed by atoms with Crippen molar-refractivity contribution in [2.75, 3.05) is 33.3 Å². The molecule has 1 atom stereocenters. The standard InChI is InChI=1S/C20H30BrN3O4S/c1-28-19-9-8-18(21)13-17(19)14-22-20(25)16-7-6-12-24(15-16)29(26,27)23-10-4-2-3-5-11-23/h8-9,13,16H,2-7,10-12,14-15H2,1H3,(H,22,25)/t16-/m0/s1. The molecule has 2 aliphatic rings. The molecule has 9 heteroatoms. The topological polar surface area (TPSA) is 79.0 Å². The van der Waals surface area contributed by atoms with E-state index in [1.54, 1.807) is 11.4 Å². The zero-order valence-electron chi connectivity index (χ0n) is 16.9. The van der Waals surface area contributed by atoms with E-state index in [0.717, 1.165) is 35.7 Å². The Labute approximate surface area is 182 Å². The minimum absolute atomic E-state index is 0.109. The van der Waals surface area contributed by atoms with Crippen LogP contribution in [0.25, 0.3) is 0 Å². The van der Waals surface area contributed by atoms with Gasteiger partial charge in [0.2, 0.25) is 5.91 Å². The van der Waals surface area contributed by atoms with Crippen molar-refractivity contribution in [2.24, 2.45) is 5.92 Å². The Bertz CT molecular complexity index is 810. The SMILES string of the molecule is COc1ccc(Br)cc1CNC(=O)[C@H]1CCCN(S(=O)(=O)N2CCCCCC2)C1. The van der Waals surface area contributed by atoms with Gasteiger partial charge < -0.3 is 10.1 Å². The number of piperidine rings is 1. The number of hydrogen-bond donors (Lipinski definition) is 1. The molecule has 1 N–H and O–H groups in total. The smallest absolute Gasteiger partial charge is 0.281 e. The van der Waals surface area contributed by atoms with Gasteiger partial charge in [-0.25, -0.2) is 0 Å². The molecule has 2 saturated heterocycles. The number of halogens is 1. The normalized spacial score (nSPS) is 22.1. The molecule has 3 rings (SSSR count). The lowest BCUT2D eigenvalue weighted by molar-refractivity contribution is -0.126. The fourth-order valence-electron chi connectivity index (χ4n) is 4.01. The predicted molar refractivity (Wildman–Crippen MR) is 116 cm³/mol. The monoisotopic (exact) mass is 487 g/mol. The Morgan fingerprint density at radius 3 is 2.52 bits per heavy atom. The summed E-state index contributed by atoms with van der Waals surface area (Å²) in [5.74, 6) is 0.272. The third-order valence-electron chi connectivity index (χ3n) is 5.67. The molecule has 1 amide bonds. The first-order chi connectivity index (χ1) is 13.9. The van der Waals surface area contributed by atoms with E-state index in [0.29, 0.717) is 44.8 Å². The van der Waals surface area contributed by atoms with Gasteiger partial charge in [0.05, 0.1) is 13.0 Å². The van der Waals surface area contributed by atoms with Crippen LogP contribution >= 0.6 is 15.9 Å². The summed E-state index contributed by atoms with van der Waals surface area (Å²) in [7, 11) is -1.90. The van der Waals surface area contributed by atoms with Crippen LogP contribution in [0, 0.1) is 5.92 Å². The summed E-state index contributed by atoms with van der Waals surface area (Å²) < 4.78 is 35.5. The Morgan fingerprint density at radius 2 is 1.83 bits per heavy atom. The van der Waals surface area contributed by atoms with Crippen LogP contribution in [0.5, 0.6) is 5.75 Å². The van der Waals surface area contributed by atoms with Crippen molar-refractivity contribution in [3.05, 3.63) is 28.2 Å². The van der Waals surface area contributed by atoms with Crippen LogP contribution < -0.4 is 10.1 Å². The van der Waals surface area contributed by atoms with Gasteiger partial charge in [-0.3, -0.25) is 4.79 Å². The molecule has 0 aromatic heterocycles. The highest BCUT2D eigenvalue weighted by atomic mass is 79.9. The van der Waals surface area contributed by atoms with E-state index in [9.17, 15) is 13.2 Å². The number of hydrogen-bond acceptors (Lipinski definition) is 4.